The summed E-state index contributed by atoms with van der Waals surface area (Å²) in [4.78, 5) is 11.5. The van der Waals surface area contributed by atoms with Gasteiger partial charge in [0, 0.05) is 11.1 Å². The number of methoxy groups -OCH3 is 1. The molecule has 1 aromatic heterocycles. The highest BCUT2D eigenvalue weighted by Gasteiger charge is 2.00. The van der Waals surface area contributed by atoms with Crippen LogP contribution in [0.1, 0.15) is 11.3 Å². The summed E-state index contributed by atoms with van der Waals surface area (Å²) in [5, 5.41) is 0.683. The molecule has 92 valence electrons. The molecular weight excluding hydrogens is 252 g/mol. The Bertz CT molecular complexity index is 612. The molecule has 18 heavy (non-hydrogen) atoms. The minimum atomic E-state index is -0.209. The van der Waals surface area contributed by atoms with E-state index in [1.165, 1.54) is 19.4 Å². The molecule has 2 rings (SSSR count). The van der Waals surface area contributed by atoms with Crippen LogP contribution in [0.4, 0.5) is 0 Å². The molecule has 0 amide bonds. The molecular formula is C14H11ClO3. The first-order valence-corrected chi connectivity index (χ1v) is 5.67. The van der Waals surface area contributed by atoms with Gasteiger partial charge in [-0.05, 0) is 23.8 Å². The van der Waals surface area contributed by atoms with Crippen LogP contribution < -0.4 is 10.2 Å². The second-order valence-corrected chi connectivity index (χ2v) is 4.04. The molecule has 1 heterocycles. The van der Waals surface area contributed by atoms with Gasteiger partial charge in [0.2, 0.25) is 11.2 Å². The fourth-order valence-corrected chi connectivity index (χ4v) is 1.53. The summed E-state index contributed by atoms with van der Waals surface area (Å²) in [5.74, 6) is 0.661. The Balaban J connectivity index is 2.21. The second-order valence-electron chi connectivity index (χ2n) is 3.60. The Morgan fingerprint density at radius 2 is 1.94 bits per heavy atom. The Morgan fingerprint density at radius 1 is 1.22 bits per heavy atom. The maximum absolute atomic E-state index is 11.5. The SMILES string of the molecule is COc1coc(/C=C/c2ccc(Cl)cc2)cc1=O. The lowest BCUT2D eigenvalue weighted by molar-refractivity contribution is 0.385. The first kappa shape index (κ1) is 12.5. The van der Waals surface area contributed by atoms with E-state index in [1.807, 2.05) is 18.2 Å². The first-order chi connectivity index (χ1) is 8.69. The maximum atomic E-state index is 11.5. The van der Waals surface area contributed by atoms with Gasteiger partial charge in [0.1, 0.15) is 12.0 Å². The predicted molar refractivity (Wildman–Crippen MR) is 71.9 cm³/mol. The van der Waals surface area contributed by atoms with Gasteiger partial charge in [0.15, 0.2) is 0 Å². The fourth-order valence-electron chi connectivity index (χ4n) is 1.40. The van der Waals surface area contributed by atoms with E-state index < -0.39 is 0 Å². The van der Waals surface area contributed by atoms with Gasteiger partial charge >= 0.3 is 0 Å². The Labute approximate surface area is 109 Å². The van der Waals surface area contributed by atoms with E-state index in [1.54, 1.807) is 18.2 Å². The van der Waals surface area contributed by atoms with Crippen LogP contribution in [0, 0.1) is 0 Å². The number of hydrogen-bond donors (Lipinski definition) is 0. The summed E-state index contributed by atoms with van der Waals surface area (Å²) in [6.07, 6.45) is 4.84. The number of benzene rings is 1. The Kier molecular flexibility index (Phi) is 3.85. The monoisotopic (exact) mass is 262 g/mol. The lowest BCUT2D eigenvalue weighted by atomic mass is 10.2. The van der Waals surface area contributed by atoms with Gasteiger partial charge in [-0.2, -0.15) is 0 Å². The van der Waals surface area contributed by atoms with Crippen LogP contribution in [0.3, 0.4) is 0 Å². The molecule has 0 saturated heterocycles. The summed E-state index contributed by atoms with van der Waals surface area (Å²) in [5.41, 5.74) is 0.761. The van der Waals surface area contributed by atoms with Crippen LogP contribution in [-0.4, -0.2) is 7.11 Å². The van der Waals surface area contributed by atoms with Crippen molar-refractivity contribution in [2.75, 3.05) is 7.11 Å². The van der Waals surface area contributed by atoms with Gasteiger partial charge in [0.05, 0.1) is 7.11 Å². The van der Waals surface area contributed by atoms with Crippen molar-refractivity contribution in [1.82, 2.24) is 0 Å². The normalized spacial score (nSPS) is 10.8. The molecule has 0 bridgehead atoms. The minimum absolute atomic E-state index is 0.193. The molecule has 1 aromatic carbocycles. The third-order valence-electron chi connectivity index (χ3n) is 2.35. The highest BCUT2D eigenvalue weighted by atomic mass is 35.5. The van der Waals surface area contributed by atoms with Gasteiger partial charge < -0.3 is 9.15 Å². The number of rotatable bonds is 3. The summed E-state index contributed by atoms with van der Waals surface area (Å²) in [7, 11) is 1.43. The van der Waals surface area contributed by atoms with Crippen LogP contribution in [-0.2, 0) is 0 Å². The van der Waals surface area contributed by atoms with Crippen LogP contribution in [0.2, 0.25) is 5.02 Å². The molecule has 4 heteroatoms. The smallest absolute Gasteiger partial charge is 0.227 e. The van der Waals surface area contributed by atoms with Crippen LogP contribution in [0.15, 0.2) is 45.8 Å². The number of ether oxygens (including phenoxy) is 1. The molecule has 3 nitrogen and oxygen atoms in total. The van der Waals surface area contributed by atoms with Gasteiger partial charge in [-0.25, -0.2) is 0 Å². The zero-order valence-electron chi connectivity index (χ0n) is 9.72. The van der Waals surface area contributed by atoms with Gasteiger partial charge in [0.25, 0.3) is 0 Å². The first-order valence-electron chi connectivity index (χ1n) is 5.29. The molecule has 2 aromatic rings. The van der Waals surface area contributed by atoms with Gasteiger partial charge in [-0.3, -0.25) is 4.79 Å². The van der Waals surface area contributed by atoms with Gasteiger partial charge in [-0.15, -0.1) is 0 Å². The number of hydrogen-bond acceptors (Lipinski definition) is 3. The van der Waals surface area contributed by atoms with E-state index in [9.17, 15) is 4.79 Å². The van der Waals surface area contributed by atoms with Crippen molar-refractivity contribution >= 4 is 23.8 Å². The van der Waals surface area contributed by atoms with Crippen LogP contribution in [0.5, 0.6) is 5.75 Å². The van der Waals surface area contributed by atoms with Crippen molar-refractivity contribution in [3.05, 3.63) is 63.2 Å². The Morgan fingerprint density at radius 3 is 2.56 bits per heavy atom. The third kappa shape index (κ3) is 3.02. The maximum Gasteiger partial charge on any atom is 0.227 e. The molecule has 0 saturated carbocycles. The Hall–Kier alpha value is -2.00. The largest absolute Gasteiger partial charge is 0.490 e. The van der Waals surface area contributed by atoms with Gasteiger partial charge in [-0.1, -0.05) is 29.8 Å². The average Bonchev–Trinajstić information content (AvgIpc) is 2.38. The van der Waals surface area contributed by atoms with E-state index >= 15 is 0 Å². The number of halogens is 1. The van der Waals surface area contributed by atoms with E-state index in [0.717, 1.165) is 5.56 Å². The van der Waals surface area contributed by atoms with Crippen molar-refractivity contribution in [2.24, 2.45) is 0 Å². The molecule has 0 radical (unpaired) electrons. The quantitative estimate of drug-likeness (QED) is 0.850. The lowest BCUT2D eigenvalue weighted by Gasteiger charge is -1.98. The summed E-state index contributed by atoms with van der Waals surface area (Å²) < 4.78 is 10.1. The van der Waals surface area contributed by atoms with Crippen LogP contribution in [0.25, 0.3) is 12.2 Å². The highest BCUT2D eigenvalue weighted by Crippen LogP contribution is 2.13. The van der Waals surface area contributed by atoms with E-state index in [4.69, 9.17) is 20.8 Å². The van der Waals surface area contributed by atoms with Crippen LogP contribution >= 0.6 is 11.6 Å². The topological polar surface area (TPSA) is 39.4 Å². The second kappa shape index (κ2) is 5.56. The molecule has 0 atom stereocenters. The van der Waals surface area contributed by atoms with Crippen molar-refractivity contribution in [3.8, 4) is 5.75 Å². The van der Waals surface area contributed by atoms with E-state index in [-0.39, 0.29) is 11.2 Å². The van der Waals surface area contributed by atoms with E-state index in [0.29, 0.717) is 10.8 Å². The predicted octanol–water partition coefficient (Wildman–Crippen LogP) is 3.47. The molecule has 0 aliphatic rings. The molecule has 0 fully saturated rings. The molecule has 0 aliphatic heterocycles. The molecule has 0 N–H and O–H groups in total. The highest BCUT2D eigenvalue weighted by molar-refractivity contribution is 6.30. The summed E-state index contributed by atoms with van der Waals surface area (Å²) >= 11 is 5.79. The van der Waals surface area contributed by atoms with Crippen molar-refractivity contribution < 1.29 is 9.15 Å². The zero-order chi connectivity index (χ0) is 13.0. The van der Waals surface area contributed by atoms with Crippen molar-refractivity contribution in [1.29, 1.82) is 0 Å². The summed E-state index contributed by atoms with van der Waals surface area (Å²) in [6.45, 7) is 0. The third-order valence-corrected chi connectivity index (χ3v) is 2.60. The molecule has 0 unspecified atom stereocenters. The minimum Gasteiger partial charge on any atom is -0.490 e. The van der Waals surface area contributed by atoms with E-state index in [2.05, 4.69) is 0 Å². The summed E-state index contributed by atoms with van der Waals surface area (Å²) in [6, 6.07) is 8.73. The molecule has 0 aliphatic carbocycles. The van der Waals surface area contributed by atoms with Crippen molar-refractivity contribution in [2.45, 2.75) is 0 Å². The molecule has 0 spiro atoms. The lowest BCUT2D eigenvalue weighted by Crippen LogP contribution is -2.03. The fraction of sp³-hybridized carbons (Fsp3) is 0.0714. The standard InChI is InChI=1S/C14H11ClO3/c1-17-14-9-18-12(8-13(14)16)7-4-10-2-5-11(15)6-3-10/h2-9H,1H3/b7-4+. The average molecular weight is 263 g/mol. The zero-order valence-corrected chi connectivity index (χ0v) is 10.5. The van der Waals surface area contributed by atoms with Crippen molar-refractivity contribution in [3.63, 3.8) is 0 Å².